The van der Waals surface area contributed by atoms with Crippen molar-refractivity contribution in [1.29, 1.82) is 5.26 Å². The molecular formula is C22H18BrN3O2S. The second-order valence-electron chi connectivity index (χ2n) is 6.77. The number of hydrogen-bond donors (Lipinski definition) is 0. The summed E-state index contributed by atoms with van der Waals surface area (Å²) in [6.45, 7) is 1.17. The van der Waals surface area contributed by atoms with E-state index in [-0.39, 0.29) is 12.0 Å². The molecule has 146 valence electrons. The Kier molecular flexibility index (Phi) is 6.05. The first-order valence-corrected chi connectivity index (χ1v) is 11.0. The third-order valence-electron chi connectivity index (χ3n) is 4.76. The molecule has 1 amide bonds. The molecule has 0 spiro atoms. The Morgan fingerprint density at radius 2 is 2.14 bits per heavy atom. The number of ether oxygens (including phenoxy) is 1. The number of nitrogens with zero attached hydrogens (tertiary/aromatic N) is 3. The molecule has 3 aromatic rings. The number of rotatable bonds is 5. The van der Waals surface area contributed by atoms with Gasteiger partial charge in [-0.3, -0.25) is 9.69 Å². The zero-order valence-corrected chi connectivity index (χ0v) is 17.9. The van der Waals surface area contributed by atoms with Gasteiger partial charge in [-0.05, 0) is 43.2 Å². The number of carbonyl (C=O) groups is 1. The number of carbonyl (C=O) groups excluding carboxylic acids is 1. The topological polar surface area (TPSA) is 66.2 Å². The first-order chi connectivity index (χ1) is 14.1. The summed E-state index contributed by atoms with van der Waals surface area (Å²) in [5.41, 5.74) is 2.75. The van der Waals surface area contributed by atoms with Crippen molar-refractivity contribution < 1.29 is 9.53 Å². The maximum absolute atomic E-state index is 13.3. The number of nitriles is 1. The molecule has 7 heteroatoms. The highest BCUT2D eigenvalue weighted by Gasteiger charge is 2.27. The van der Waals surface area contributed by atoms with Crippen LogP contribution in [0.3, 0.4) is 0 Å². The lowest BCUT2D eigenvalue weighted by Gasteiger charge is -2.23. The number of amides is 1. The predicted molar refractivity (Wildman–Crippen MR) is 117 cm³/mol. The molecule has 0 bridgehead atoms. The van der Waals surface area contributed by atoms with Crippen molar-refractivity contribution in [3.8, 4) is 17.3 Å². The van der Waals surface area contributed by atoms with Gasteiger partial charge < -0.3 is 4.74 Å². The van der Waals surface area contributed by atoms with Crippen molar-refractivity contribution in [2.45, 2.75) is 18.9 Å². The number of halogens is 1. The molecule has 1 aromatic heterocycles. The number of anilines is 1. The normalized spacial score (nSPS) is 15.8. The largest absolute Gasteiger partial charge is 0.376 e. The standard InChI is InChI=1S/C22H18BrN3O2S/c23-18-8-6-16(7-9-18)20-14-29-22(25-20)26(13-19-5-2-10-28-19)21(27)17-4-1-3-15(11-17)12-24/h1,3-4,6-9,11,14,19H,2,5,10,13H2/t19-/m0/s1. The lowest BCUT2D eigenvalue weighted by atomic mass is 10.1. The molecule has 2 aromatic carbocycles. The fourth-order valence-electron chi connectivity index (χ4n) is 3.26. The van der Waals surface area contributed by atoms with E-state index in [1.165, 1.54) is 11.3 Å². The van der Waals surface area contributed by atoms with E-state index in [4.69, 9.17) is 15.0 Å². The highest BCUT2D eigenvalue weighted by Crippen LogP contribution is 2.30. The van der Waals surface area contributed by atoms with Crippen LogP contribution < -0.4 is 4.90 Å². The minimum absolute atomic E-state index is 0.00173. The molecule has 1 aliphatic rings. The van der Waals surface area contributed by atoms with E-state index in [1.807, 2.05) is 29.6 Å². The fraction of sp³-hybridized carbons (Fsp3) is 0.227. The molecule has 0 unspecified atom stereocenters. The average molecular weight is 468 g/mol. The Morgan fingerprint density at radius 1 is 1.31 bits per heavy atom. The third-order valence-corrected chi connectivity index (χ3v) is 6.15. The van der Waals surface area contributed by atoms with Crippen molar-refractivity contribution >= 4 is 38.3 Å². The van der Waals surface area contributed by atoms with E-state index in [0.717, 1.165) is 35.2 Å². The van der Waals surface area contributed by atoms with Crippen LogP contribution in [-0.4, -0.2) is 30.1 Å². The van der Waals surface area contributed by atoms with Crippen LogP contribution in [-0.2, 0) is 4.74 Å². The smallest absolute Gasteiger partial charge is 0.260 e. The van der Waals surface area contributed by atoms with Gasteiger partial charge in [-0.25, -0.2) is 4.98 Å². The van der Waals surface area contributed by atoms with Gasteiger partial charge in [0.05, 0.1) is 30.0 Å². The average Bonchev–Trinajstić information content (AvgIpc) is 3.44. The van der Waals surface area contributed by atoms with Gasteiger partial charge in [0.1, 0.15) is 0 Å². The van der Waals surface area contributed by atoms with Crippen LogP contribution in [0.25, 0.3) is 11.3 Å². The number of benzene rings is 2. The molecule has 1 atom stereocenters. The van der Waals surface area contributed by atoms with E-state index in [1.54, 1.807) is 29.2 Å². The van der Waals surface area contributed by atoms with E-state index >= 15 is 0 Å². The predicted octanol–water partition coefficient (Wildman–Crippen LogP) is 5.27. The SMILES string of the molecule is N#Cc1cccc(C(=O)N(C[C@@H]2CCCO2)c2nc(-c3ccc(Br)cc3)cs2)c1. The molecule has 0 N–H and O–H groups in total. The van der Waals surface area contributed by atoms with Gasteiger partial charge in [0.25, 0.3) is 5.91 Å². The monoisotopic (exact) mass is 467 g/mol. The Bertz CT molecular complexity index is 1050. The lowest BCUT2D eigenvalue weighted by Crippen LogP contribution is -2.37. The summed E-state index contributed by atoms with van der Waals surface area (Å²) in [6.07, 6.45) is 1.92. The molecule has 4 rings (SSSR count). The zero-order valence-electron chi connectivity index (χ0n) is 15.5. The summed E-state index contributed by atoms with van der Waals surface area (Å²) in [7, 11) is 0. The van der Waals surface area contributed by atoms with Crippen LogP contribution in [0.15, 0.2) is 58.4 Å². The van der Waals surface area contributed by atoms with Crippen LogP contribution >= 0.6 is 27.3 Å². The van der Waals surface area contributed by atoms with Crippen molar-refractivity contribution in [3.05, 3.63) is 69.5 Å². The molecular weight excluding hydrogens is 450 g/mol. The number of aromatic nitrogens is 1. The van der Waals surface area contributed by atoms with Crippen LogP contribution in [0, 0.1) is 11.3 Å². The first kappa shape index (κ1) is 19.8. The maximum Gasteiger partial charge on any atom is 0.260 e. The lowest BCUT2D eigenvalue weighted by molar-refractivity contribution is 0.0917. The van der Waals surface area contributed by atoms with Crippen molar-refractivity contribution in [1.82, 2.24) is 4.98 Å². The van der Waals surface area contributed by atoms with Crippen molar-refractivity contribution in [2.24, 2.45) is 0 Å². The van der Waals surface area contributed by atoms with E-state index in [0.29, 0.717) is 22.8 Å². The van der Waals surface area contributed by atoms with Crippen molar-refractivity contribution in [3.63, 3.8) is 0 Å². The van der Waals surface area contributed by atoms with Crippen LogP contribution in [0.2, 0.25) is 0 Å². The van der Waals surface area contributed by atoms with E-state index in [9.17, 15) is 4.79 Å². The Hall–Kier alpha value is -2.53. The maximum atomic E-state index is 13.3. The number of thiazole rings is 1. The highest BCUT2D eigenvalue weighted by atomic mass is 79.9. The quantitative estimate of drug-likeness (QED) is 0.512. The van der Waals surface area contributed by atoms with Crippen LogP contribution in [0.1, 0.15) is 28.8 Å². The summed E-state index contributed by atoms with van der Waals surface area (Å²) >= 11 is 4.88. The zero-order chi connectivity index (χ0) is 20.2. The summed E-state index contributed by atoms with van der Waals surface area (Å²) in [5.74, 6) is -0.172. The van der Waals surface area contributed by atoms with Gasteiger partial charge in [0, 0.05) is 27.6 Å². The summed E-state index contributed by atoms with van der Waals surface area (Å²) < 4.78 is 6.77. The fourth-order valence-corrected chi connectivity index (χ4v) is 4.36. The summed E-state index contributed by atoms with van der Waals surface area (Å²) in [4.78, 5) is 19.7. The molecule has 0 radical (unpaired) electrons. The molecule has 2 heterocycles. The molecule has 0 saturated carbocycles. The van der Waals surface area contributed by atoms with Gasteiger partial charge in [-0.1, -0.05) is 34.1 Å². The van der Waals surface area contributed by atoms with E-state index < -0.39 is 0 Å². The minimum atomic E-state index is -0.172. The molecule has 1 saturated heterocycles. The molecule has 29 heavy (non-hydrogen) atoms. The van der Waals surface area contributed by atoms with Gasteiger partial charge in [-0.2, -0.15) is 5.26 Å². The van der Waals surface area contributed by atoms with Gasteiger partial charge >= 0.3 is 0 Å². The van der Waals surface area contributed by atoms with Crippen LogP contribution in [0.4, 0.5) is 5.13 Å². The third kappa shape index (κ3) is 4.56. The summed E-state index contributed by atoms with van der Waals surface area (Å²) in [6, 6.07) is 16.8. The van der Waals surface area contributed by atoms with E-state index in [2.05, 4.69) is 22.0 Å². The second-order valence-corrected chi connectivity index (χ2v) is 8.52. The molecule has 1 fully saturated rings. The molecule has 0 aliphatic carbocycles. The number of hydrogen-bond acceptors (Lipinski definition) is 5. The van der Waals surface area contributed by atoms with Crippen LogP contribution in [0.5, 0.6) is 0 Å². The summed E-state index contributed by atoms with van der Waals surface area (Å²) in [5, 5.41) is 11.8. The Morgan fingerprint density at radius 3 is 2.86 bits per heavy atom. The van der Waals surface area contributed by atoms with Crippen molar-refractivity contribution in [2.75, 3.05) is 18.1 Å². The highest BCUT2D eigenvalue weighted by molar-refractivity contribution is 9.10. The van der Waals surface area contributed by atoms with Gasteiger partial charge in [0.2, 0.25) is 0 Å². The first-order valence-electron chi connectivity index (χ1n) is 9.29. The van der Waals surface area contributed by atoms with Gasteiger partial charge in [-0.15, -0.1) is 11.3 Å². The second kappa shape index (κ2) is 8.87. The molecule has 5 nitrogen and oxygen atoms in total. The Labute approximate surface area is 181 Å². The van der Waals surface area contributed by atoms with Gasteiger partial charge in [0.15, 0.2) is 5.13 Å². The Balaban J connectivity index is 1.66. The minimum Gasteiger partial charge on any atom is -0.376 e. The molecule has 1 aliphatic heterocycles.